The molecule has 2 aromatic carbocycles. The van der Waals surface area contributed by atoms with Gasteiger partial charge in [-0.1, -0.05) is 48.5 Å². The molecule has 0 amide bonds. The zero-order valence-electron chi connectivity index (χ0n) is 11.9. The predicted octanol–water partition coefficient (Wildman–Crippen LogP) is 2.74. The lowest BCUT2D eigenvalue weighted by Gasteiger charge is -2.21. The van der Waals surface area contributed by atoms with Gasteiger partial charge in [-0.2, -0.15) is 0 Å². The van der Waals surface area contributed by atoms with Crippen molar-refractivity contribution in [2.75, 3.05) is 0 Å². The van der Waals surface area contributed by atoms with Gasteiger partial charge in [-0.05, 0) is 25.0 Å². The first-order valence-corrected chi connectivity index (χ1v) is 6.88. The molecule has 2 atom stereocenters. The van der Waals surface area contributed by atoms with Gasteiger partial charge >= 0.3 is 5.97 Å². The van der Waals surface area contributed by atoms with Crippen molar-refractivity contribution >= 4 is 5.97 Å². The van der Waals surface area contributed by atoms with Crippen molar-refractivity contribution in [3.63, 3.8) is 0 Å². The van der Waals surface area contributed by atoms with Gasteiger partial charge in [0.1, 0.15) is 11.8 Å². The van der Waals surface area contributed by atoms with Crippen LogP contribution in [0, 0.1) is 0 Å². The third-order valence-corrected chi connectivity index (χ3v) is 3.44. The fourth-order valence-electron chi connectivity index (χ4n) is 2.31. The van der Waals surface area contributed by atoms with Crippen molar-refractivity contribution in [1.29, 1.82) is 0 Å². The Bertz CT molecular complexity index is 598. The molecule has 3 N–H and O–H groups in total. The first kappa shape index (κ1) is 15.1. The molecular formula is C17H19NO3. The molecule has 2 unspecified atom stereocenters. The highest BCUT2D eigenvalue weighted by atomic mass is 16.4. The minimum absolute atomic E-state index is 0.168. The van der Waals surface area contributed by atoms with E-state index in [4.69, 9.17) is 0 Å². The third kappa shape index (κ3) is 4.07. The van der Waals surface area contributed by atoms with Crippen molar-refractivity contribution in [1.82, 2.24) is 5.32 Å². The topological polar surface area (TPSA) is 69.6 Å². The molecule has 0 aromatic heterocycles. The van der Waals surface area contributed by atoms with Crippen molar-refractivity contribution in [3.05, 3.63) is 65.7 Å². The standard InChI is InChI=1S/C17H19NO3/c1-12(14-9-5-6-10-16(14)19)18-15(17(20)21)11-13-7-3-2-4-8-13/h2-10,12,15,18-19H,11H2,1H3,(H,20,21). The molecule has 0 saturated heterocycles. The van der Waals surface area contributed by atoms with Crippen LogP contribution in [0.25, 0.3) is 0 Å². The first-order chi connectivity index (χ1) is 10.1. The number of nitrogens with one attached hydrogen (secondary N) is 1. The van der Waals surface area contributed by atoms with Crippen LogP contribution in [0.4, 0.5) is 0 Å². The molecule has 21 heavy (non-hydrogen) atoms. The average Bonchev–Trinajstić information content (AvgIpc) is 2.48. The second kappa shape index (κ2) is 6.90. The van der Waals surface area contributed by atoms with Crippen molar-refractivity contribution in [2.24, 2.45) is 0 Å². The fourth-order valence-corrected chi connectivity index (χ4v) is 2.31. The Morgan fingerprint density at radius 3 is 2.33 bits per heavy atom. The number of phenols is 1. The largest absolute Gasteiger partial charge is 0.508 e. The fraction of sp³-hybridized carbons (Fsp3) is 0.235. The van der Waals surface area contributed by atoms with Gasteiger partial charge < -0.3 is 10.2 Å². The number of carbonyl (C=O) groups is 1. The molecule has 4 heteroatoms. The van der Waals surface area contributed by atoms with Gasteiger partial charge in [-0.15, -0.1) is 0 Å². The monoisotopic (exact) mass is 285 g/mol. The molecule has 0 spiro atoms. The number of aromatic hydroxyl groups is 1. The van der Waals surface area contributed by atoms with E-state index in [2.05, 4.69) is 5.32 Å². The number of hydrogen-bond acceptors (Lipinski definition) is 3. The lowest BCUT2D eigenvalue weighted by Crippen LogP contribution is -2.40. The summed E-state index contributed by atoms with van der Waals surface area (Å²) in [5, 5.41) is 22.3. The Balaban J connectivity index is 2.10. The van der Waals surface area contributed by atoms with E-state index in [1.807, 2.05) is 43.3 Å². The van der Waals surface area contributed by atoms with Gasteiger partial charge in [0, 0.05) is 11.6 Å². The molecule has 4 nitrogen and oxygen atoms in total. The van der Waals surface area contributed by atoms with E-state index in [0.29, 0.717) is 12.0 Å². The highest BCUT2D eigenvalue weighted by molar-refractivity contribution is 5.74. The summed E-state index contributed by atoms with van der Waals surface area (Å²) in [5.41, 5.74) is 1.65. The molecular weight excluding hydrogens is 266 g/mol. The summed E-state index contributed by atoms with van der Waals surface area (Å²) in [6.45, 7) is 1.84. The smallest absolute Gasteiger partial charge is 0.321 e. The van der Waals surface area contributed by atoms with E-state index in [9.17, 15) is 15.0 Å². The second-order valence-electron chi connectivity index (χ2n) is 5.03. The van der Waals surface area contributed by atoms with E-state index in [1.165, 1.54) is 0 Å². The van der Waals surface area contributed by atoms with Gasteiger partial charge in [0.05, 0.1) is 0 Å². The summed E-state index contributed by atoms with van der Waals surface area (Å²) in [4.78, 5) is 11.4. The number of carboxylic acids is 1. The quantitative estimate of drug-likeness (QED) is 0.763. The summed E-state index contributed by atoms with van der Waals surface area (Å²) < 4.78 is 0. The molecule has 110 valence electrons. The summed E-state index contributed by atoms with van der Waals surface area (Å²) in [7, 11) is 0. The minimum atomic E-state index is -0.902. The summed E-state index contributed by atoms with van der Waals surface area (Å²) >= 11 is 0. The molecule has 0 aliphatic carbocycles. The van der Waals surface area contributed by atoms with Crippen LogP contribution in [-0.4, -0.2) is 22.2 Å². The number of benzene rings is 2. The van der Waals surface area contributed by atoms with E-state index in [1.54, 1.807) is 18.2 Å². The van der Waals surface area contributed by atoms with Crippen LogP contribution in [0.15, 0.2) is 54.6 Å². The Kier molecular flexibility index (Phi) is 4.95. The maximum absolute atomic E-state index is 11.4. The second-order valence-corrected chi connectivity index (χ2v) is 5.03. The Morgan fingerprint density at radius 1 is 1.10 bits per heavy atom. The van der Waals surface area contributed by atoms with E-state index >= 15 is 0 Å². The highest BCUT2D eigenvalue weighted by Crippen LogP contribution is 2.23. The first-order valence-electron chi connectivity index (χ1n) is 6.88. The molecule has 0 bridgehead atoms. The summed E-state index contributed by atoms with van der Waals surface area (Å²) in [6.07, 6.45) is 0.397. The van der Waals surface area contributed by atoms with Crippen LogP contribution in [0.2, 0.25) is 0 Å². The molecule has 0 heterocycles. The molecule has 2 aromatic rings. The van der Waals surface area contributed by atoms with Crippen LogP contribution in [-0.2, 0) is 11.2 Å². The van der Waals surface area contributed by atoms with Crippen LogP contribution < -0.4 is 5.32 Å². The molecule has 0 aliphatic heterocycles. The van der Waals surface area contributed by atoms with E-state index < -0.39 is 12.0 Å². The number of carboxylic acid groups (broad SMARTS) is 1. The zero-order valence-corrected chi connectivity index (χ0v) is 11.9. The third-order valence-electron chi connectivity index (χ3n) is 3.44. The number of rotatable bonds is 6. The van der Waals surface area contributed by atoms with Gasteiger partial charge in [0.25, 0.3) is 0 Å². The SMILES string of the molecule is CC(NC(Cc1ccccc1)C(=O)O)c1ccccc1O. The minimum Gasteiger partial charge on any atom is -0.508 e. The molecule has 0 radical (unpaired) electrons. The number of hydrogen-bond donors (Lipinski definition) is 3. The van der Waals surface area contributed by atoms with Crippen LogP contribution >= 0.6 is 0 Å². The Morgan fingerprint density at radius 2 is 1.71 bits per heavy atom. The van der Waals surface area contributed by atoms with Crippen molar-refractivity contribution < 1.29 is 15.0 Å². The van der Waals surface area contributed by atoms with Gasteiger partial charge in [-0.25, -0.2) is 0 Å². The summed E-state index contributed by atoms with van der Waals surface area (Å²) in [6, 6.07) is 15.5. The zero-order chi connectivity index (χ0) is 15.2. The van der Waals surface area contributed by atoms with Gasteiger partial charge in [-0.3, -0.25) is 10.1 Å². The molecule has 0 aliphatic rings. The Hall–Kier alpha value is -2.33. The maximum Gasteiger partial charge on any atom is 0.321 e. The van der Waals surface area contributed by atoms with Gasteiger partial charge in [0.2, 0.25) is 0 Å². The number of aliphatic carboxylic acids is 1. The van der Waals surface area contributed by atoms with E-state index in [0.717, 1.165) is 5.56 Å². The molecule has 0 fully saturated rings. The maximum atomic E-state index is 11.4. The average molecular weight is 285 g/mol. The van der Waals surface area contributed by atoms with Crippen LogP contribution in [0.5, 0.6) is 5.75 Å². The van der Waals surface area contributed by atoms with Gasteiger partial charge in [0.15, 0.2) is 0 Å². The lowest BCUT2D eigenvalue weighted by atomic mass is 10.0. The molecule has 2 rings (SSSR count). The van der Waals surface area contributed by atoms with E-state index in [-0.39, 0.29) is 11.8 Å². The van der Waals surface area contributed by atoms with Crippen LogP contribution in [0.3, 0.4) is 0 Å². The number of para-hydroxylation sites is 1. The number of phenolic OH excluding ortho intramolecular Hbond substituents is 1. The predicted molar refractivity (Wildman–Crippen MR) is 81.2 cm³/mol. The normalized spacial score (nSPS) is 13.6. The molecule has 0 saturated carbocycles. The lowest BCUT2D eigenvalue weighted by molar-refractivity contribution is -0.139. The highest BCUT2D eigenvalue weighted by Gasteiger charge is 2.21. The summed E-state index contributed by atoms with van der Waals surface area (Å²) in [5.74, 6) is -0.734. The van der Waals surface area contributed by atoms with Crippen molar-refractivity contribution in [3.8, 4) is 5.75 Å². The van der Waals surface area contributed by atoms with Crippen LogP contribution in [0.1, 0.15) is 24.1 Å². The van der Waals surface area contributed by atoms with Crippen molar-refractivity contribution in [2.45, 2.75) is 25.4 Å². The Labute approximate surface area is 124 Å².